The normalized spacial score (nSPS) is 12.3. The Kier molecular flexibility index (Phi) is 7.26. The van der Waals surface area contributed by atoms with E-state index in [1.165, 1.54) is 34.6 Å². The van der Waals surface area contributed by atoms with Crippen LogP contribution in [0.2, 0.25) is 5.02 Å². The van der Waals surface area contributed by atoms with Crippen LogP contribution in [-0.2, 0) is 4.79 Å². The van der Waals surface area contributed by atoms with Gasteiger partial charge in [-0.2, -0.15) is 0 Å². The maximum absolute atomic E-state index is 14.7. The van der Waals surface area contributed by atoms with Gasteiger partial charge in [-0.3, -0.25) is 9.59 Å². The molecule has 0 saturated heterocycles. The van der Waals surface area contributed by atoms with E-state index in [9.17, 15) is 14.0 Å². The Morgan fingerprint density at radius 1 is 1.46 bits per heavy atom. The second-order valence-corrected chi connectivity index (χ2v) is 7.82. The molecule has 0 bridgehead atoms. The van der Waals surface area contributed by atoms with E-state index in [2.05, 4.69) is 21.5 Å². The summed E-state index contributed by atoms with van der Waals surface area (Å²) in [5.41, 5.74) is -0.572. The summed E-state index contributed by atoms with van der Waals surface area (Å²) in [5.74, 6) is -1.79. The average Bonchev–Trinajstić information content (AvgIpc) is 3.17. The number of aromatic nitrogens is 2. The van der Waals surface area contributed by atoms with E-state index in [1.807, 2.05) is 20.8 Å². The number of benzene rings is 1. The number of hydrogen-bond acceptors (Lipinski definition) is 5. The second kappa shape index (κ2) is 9.25. The average molecular weight is 425 g/mol. The number of nitrogens with zero attached hydrogens (tertiary/aromatic N) is 3. The largest absolute Gasteiger partial charge is 0.349 e. The van der Waals surface area contributed by atoms with Gasteiger partial charge in [-0.1, -0.05) is 35.2 Å². The zero-order valence-corrected chi connectivity index (χ0v) is 17.5. The van der Waals surface area contributed by atoms with Crippen LogP contribution in [0.4, 0.5) is 4.39 Å². The van der Waals surface area contributed by atoms with Crippen molar-refractivity contribution in [2.75, 3.05) is 6.54 Å². The van der Waals surface area contributed by atoms with Crippen molar-refractivity contribution >= 4 is 34.9 Å². The van der Waals surface area contributed by atoms with E-state index in [0.717, 1.165) is 11.5 Å². The number of amides is 2. The van der Waals surface area contributed by atoms with E-state index >= 15 is 0 Å². The molecule has 0 spiro atoms. The number of hydrogen-bond donors (Lipinski definition) is 1. The Morgan fingerprint density at radius 2 is 2.18 bits per heavy atom. The van der Waals surface area contributed by atoms with Crippen LogP contribution in [0.5, 0.6) is 0 Å². The van der Waals surface area contributed by atoms with Crippen LogP contribution in [0.1, 0.15) is 49.3 Å². The molecule has 150 valence electrons. The lowest BCUT2D eigenvalue weighted by molar-refractivity contribution is -0.127. The van der Waals surface area contributed by atoms with Crippen molar-refractivity contribution in [3.8, 4) is 0 Å². The molecule has 0 aliphatic rings. The van der Waals surface area contributed by atoms with Crippen molar-refractivity contribution < 1.29 is 14.0 Å². The molecule has 1 aromatic carbocycles. The van der Waals surface area contributed by atoms with Crippen LogP contribution in [0.15, 0.2) is 36.2 Å². The quantitative estimate of drug-likeness (QED) is 0.650. The maximum atomic E-state index is 14.7. The summed E-state index contributed by atoms with van der Waals surface area (Å²) in [6, 6.07) is 2.82. The zero-order chi connectivity index (χ0) is 20.9. The van der Waals surface area contributed by atoms with Crippen LogP contribution in [0.25, 0.3) is 0 Å². The van der Waals surface area contributed by atoms with Gasteiger partial charge in [-0.15, -0.1) is 11.7 Å². The summed E-state index contributed by atoms with van der Waals surface area (Å²) in [4.78, 5) is 27.4. The Bertz CT molecular complexity index is 837. The molecular weight excluding hydrogens is 403 g/mol. The maximum Gasteiger partial charge on any atom is 0.276 e. The van der Waals surface area contributed by atoms with Crippen LogP contribution >= 0.6 is 23.1 Å². The van der Waals surface area contributed by atoms with Gasteiger partial charge < -0.3 is 10.2 Å². The fourth-order valence-corrected chi connectivity index (χ4v) is 3.24. The molecule has 9 heteroatoms. The van der Waals surface area contributed by atoms with Crippen LogP contribution in [0.3, 0.4) is 0 Å². The molecular formula is C19H22ClFN4O2S. The predicted molar refractivity (Wildman–Crippen MR) is 108 cm³/mol. The summed E-state index contributed by atoms with van der Waals surface area (Å²) in [6.45, 7) is 9.24. The Labute approximate surface area is 172 Å². The number of carbonyl (C=O) groups excluding carboxylic acids is 2. The lowest BCUT2D eigenvalue weighted by atomic mass is 9.98. The van der Waals surface area contributed by atoms with E-state index in [1.54, 1.807) is 0 Å². The highest BCUT2D eigenvalue weighted by Crippen LogP contribution is 2.32. The molecule has 2 amide bonds. The minimum atomic E-state index is -1.30. The minimum Gasteiger partial charge on any atom is -0.349 e. The Balaban J connectivity index is 2.59. The highest BCUT2D eigenvalue weighted by atomic mass is 35.5. The van der Waals surface area contributed by atoms with E-state index < -0.39 is 29.2 Å². The molecule has 1 atom stereocenters. The summed E-state index contributed by atoms with van der Waals surface area (Å²) in [7, 11) is 0. The van der Waals surface area contributed by atoms with Crippen LogP contribution in [-0.4, -0.2) is 38.4 Å². The van der Waals surface area contributed by atoms with Gasteiger partial charge in [-0.05, 0) is 43.9 Å². The summed E-state index contributed by atoms with van der Waals surface area (Å²) >= 11 is 7.24. The first-order valence-electron chi connectivity index (χ1n) is 8.66. The van der Waals surface area contributed by atoms with Gasteiger partial charge in [0, 0.05) is 28.0 Å². The molecule has 6 nitrogen and oxygen atoms in total. The molecule has 0 unspecified atom stereocenters. The fourth-order valence-electron chi connectivity index (χ4n) is 2.54. The van der Waals surface area contributed by atoms with E-state index in [-0.39, 0.29) is 22.8 Å². The first-order valence-corrected chi connectivity index (χ1v) is 9.88. The van der Waals surface area contributed by atoms with Gasteiger partial charge in [0.05, 0.1) is 0 Å². The molecule has 1 aromatic heterocycles. The highest BCUT2D eigenvalue weighted by Gasteiger charge is 2.37. The smallest absolute Gasteiger partial charge is 0.276 e. The predicted octanol–water partition coefficient (Wildman–Crippen LogP) is 4.00. The fraction of sp³-hybridized carbons (Fsp3) is 0.368. The third kappa shape index (κ3) is 4.94. The van der Waals surface area contributed by atoms with Crippen LogP contribution < -0.4 is 5.32 Å². The lowest BCUT2D eigenvalue weighted by Gasteiger charge is -2.34. The SMILES string of the molecule is C=CCN(C(=O)c1csnn1)[C@H](C(=O)NC(C)(C)CC)c1c(F)cccc1Cl. The zero-order valence-electron chi connectivity index (χ0n) is 15.9. The number of rotatable bonds is 8. The Morgan fingerprint density at radius 3 is 2.71 bits per heavy atom. The van der Waals surface area contributed by atoms with Gasteiger partial charge in [0.25, 0.3) is 5.91 Å². The lowest BCUT2D eigenvalue weighted by Crippen LogP contribution is -2.50. The van der Waals surface area contributed by atoms with Crippen molar-refractivity contribution in [2.45, 2.75) is 38.8 Å². The first kappa shape index (κ1) is 22.0. The summed E-state index contributed by atoms with van der Waals surface area (Å²) in [6.07, 6.45) is 2.10. The third-order valence-corrected chi connectivity index (χ3v) is 5.18. The standard InChI is InChI=1S/C19H22ClFN4O2S/c1-5-10-25(18(27)14-11-28-24-23-14)16(17(26)22-19(3,4)6-2)15-12(20)8-7-9-13(15)21/h5,7-9,11,16H,1,6,10H2,2-4H3,(H,22,26)/t16-/m0/s1. The molecule has 0 fully saturated rings. The Hall–Kier alpha value is -2.32. The number of carbonyl (C=O) groups is 2. The second-order valence-electron chi connectivity index (χ2n) is 6.80. The van der Waals surface area contributed by atoms with Crippen molar-refractivity contribution in [3.05, 3.63) is 58.3 Å². The summed E-state index contributed by atoms with van der Waals surface area (Å²) < 4.78 is 18.4. The van der Waals surface area contributed by atoms with Crippen molar-refractivity contribution in [3.63, 3.8) is 0 Å². The molecule has 2 aromatic rings. The first-order chi connectivity index (χ1) is 13.2. The topological polar surface area (TPSA) is 75.2 Å². The van der Waals surface area contributed by atoms with Gasteiger partial charge in [-0.25, -0.2) is 4.39 Å². The molecule has 0 saturated carbocycles. The highest BCUT2D eigenvalue weighted by molar-refractivity contribution is 7.03. The molecule has 1 heterocycles. The molecule has 0 aliphatic carbocycles. The molecule has 2 rings (SSSR count). The monoisotopic (exact) mass is 424 g/mol. The third-order valence-electron chi connectivity index (χ3n) is 4.34. The van der Waals surface area contributed by atoms with Gasteiger partial charge in [0.2, 0.25) is 5.91 Å². The van der Waals surface area contributed by atoms with Crippen molar-refractivity contribution in [2.24, 2.45) is 0 Å². The van der Waals surface area contributed by atoms with Crippen molar-refractivity contribution in [1.29, 1.82) is 0 Å². The van der Waals surface area contributed by atoms with Gasteiger partial charge in [0.1, 0.15) is 11.9 Å². The van der Waals surface area contributed by atoms with E-state index in [4.69, 9.17) is 11.6 Å². The van der Waals surface area contributed by atoms with Crippen molar-refractivity contribution in [1.82, 2.24) is 19.8 Å². The molecule has 0 aliphatic heterocycles. The van der Waals surface area contributed by atoms with Gasteiger partial charge in [0.15, 0.2) is 5.69 Å². The number of halogens is 2. The van der Waals surface area contributed by atoms with Crippen LogP contribution in [0, 0.1) is 5.82 Å². The minimum absolute atomic E-state index is 0.00827. The molecule has 1 N–H and O–H groups in total. The molecule has 0 radical (unpaired) electrons. The molecule has 28 heavy (non-hydrogen) atoms. The van der Waals surface area contributed by atoms with Gasteiger partial charge >= 0.3 is 0 Å². The van der Waals surface area contributed by atoms with E-state index in [0.29, 0.717) is 6.42 Å². The number of nitrogens with one attached hydrogen (secondary N) is 1. The summed E-state index contributed by atoms with van der Waals surface area (Å²) in [5, 5.41) is 8.16.